The summed E-state index contributed by atoms with van der Waals surface area (Å²) in [6.45, 7) is 8.90. The fourth-order valence-electron chi connectivity index (χ4n) is 2.00. The van der Waals surface area contributed by atoms with Crippen LogP contribution in [-0.2, 0) is 4.79 Å². The normalized spacial score (nSPS) is 18.1. The first kappa shape index (κ1) is 13.5. The van der Waals surface area contributed by atoms with Gasteiger partial charge in [0.2, 0.25) is 5.91 Å². The van der Waals surface area contributed by atoms with Gasteiger partial charge < -0.3 is 10.0 Å². The standard InChI is InChI=1S/C12H24N2O2/c1-11(2)12(16)14-8-6-13(7-9-14)5-3-4-10-15/h11,15H,3-10H2,1-2H3. The summed E-state index contributed by atoms with van der Waals surface area (Å²) in [5.41, 5.74) is 0. The molecule has 0 bridgehead atoms. The Morgan fingerprint density at radius 2 is 1.81 bits per heavy atom. The van der Waals surface area contributed by atoms with Crippen molar-refractivity contribution in [2.75, 3.05) is 39.3 Å². The second-order valence-corrected chi connectivity index (χ2v) is 4.75. The Balaban J connectivity index is 2.20. The molecule has 1 rings (SSSR count). The van der Waals surface area contributed by atoms with Crippen LogP contribution in [-0.4, -0.2) is 60.1 Å². The zero-order chi connectivity index (χ0) is 12.0. The van der Waals surface area contributed by atoms with Crippen LogP contribution in [0.2, 0.25) is 0 Å². The highest BCUT2D eigenvalue weighted by molar-refractivity contribution is 5.78. The van der Waals surface area contributed by atoms with Crippen LogP contribution in [0.3, 0.4) is 0 Å². The van der Waals surface area contributed by atoms with E-state index in [1.54, 1.807) is 0 Å². The summed E-state index contributed by atoms with van der Waals surface area (Å²) < 4.78 is 0. The Morgan fingerprint density at radius 3 is 2.31 bits per heavy atom. The van der Waals surface area contributed by atoms with E-state index in [0.717, 1.165) is 45.6 Å². The molecule has 0 unspecified atom stereocenters. The second kappa shape index (κ2) is 6.86. The number of amides is 1. The predicted molar refractivity (Wildman–Crippen MR) is 64.2 cm³/mol. The number of rotatable bonds is 5. The maximum absolute atomic E-state index is 11.7. The molecule has 94 valence electrons. The van der Waals surface area contributed by atoms with Crippen molar-refractivity contribution in [2.24, 2.45) is 5.92 Å². The van der Waals surface area contributed by atoms with Gasteiger partial charge in [0.25, 0.3) is 0 Å². The summed E-state index contributed by atoms with van der Waals surface area (Å²) in [5, 5.41) is 8.70. The summed E-state index contributed by atoms with van der Waals surface area (Å²) in [4.78, 5) is 16.1. The lowest BCUT2D eigenvalue weighted by Crippen LogP contribution is -2.49. The number of carbonyl (C=O) groups is 1. The summed E-state index contributed by atoms with van der Waals surface area (Å²) in [6, 6.07) is 0. The number of hydrogen-bond acceptors (Lipinski definition) is 3. The third-order valence-electron chi connectivity index (χ3n) is 3.06. The first-order chi connectivity index (χ1) is 7.65. The van der Waals surface area contributed by atoms with Gasteiger partial charge in [-0.1, -0.05) is 13.8 Å². The molecule has 0 aromatic heterocycles. The topological polar surface area (TPSA) is 43.8 Å². The number of carbonyl (C=O) groups excluding carboxylic acids is 1. The fraction of sp³-hybridized carbons (Fsp3) is 0.917. The van der Waals surface area contributed by atoms with Crippen molar-refractivity contribution >= 4 is 5.91 Å². The molecule has 0 aromatic rings. The number of aliphatic hydroxyl groups excluding tert-OH is 1. The highest BCUT2D eigenvalue weighted by Gasteiger charge is 2.22. The Morgan fingerprint density at radius 1 is 1.19 bits per heavy atom. The van der Waals surface area contributed by atoms with Crippen molar-refractivity contribution in [1.29, 1.82) is 0 Å². The molecule has 4 nitrogen and oxygen atoms in total. The first-order valence-electron chi connectivity index (χ1n) is 6.27. The monoisotopic (exact) mass is 228 g/mol. The lowest BCUT2D eigenvalue weighted by atomic mass is 10.1. The summed E-state index contributed by atoms with van der Waals surface area (Å²) in [6.07, 6.45) is 1.93. The van der Waals surface area contributed by atoms with Gasteiger partial charge in [0.1, 0.15) is 0 Å². The molecule has 1 amide bonds. The molecule has 0 aromatic carbocycles. The van der Waals surface area contributed by atoms with Crippen molar-refractivity contribution < 1.29 is 9.90 Å². The smallest absolute Gasteiger partial charge is 0.225 e. The van der Waals surface area contributed by atoms with Gasteiger partial charge in [0.15, 0.2) is 0 Å². The van der Waals surface area contributed by atoms with E-state index in [4.69, 9.17) is 5.11 Å². The fourth-order valence-corrected chi connectivity index (χ4v) is 2.00. The average Bonchev–Trinajstić information content (AvgIpc) is 2.29. The van der Waals surface area contributed by atoms with Crippen LogP contribution in [0.4, 0.5) is 0 Å². The summed E-state index contributed by atoms with van der Waals surface area (Å²) in [5.74, 6) is 0.385. The van der Waals surface area contributed by atoms with Crippen molar-refractivity contribution in [3.63, 3.8) is 0 Å². The first-order valence-corrected chi connectivity index (χ1v) is 6.27. The third kappa shape index (κ3) is 4.10. The van der Waals surface area contributed by atoms with Crippen LogP contribution in [0.25, 0.3) is 0 Å². The maximum atomic E-state index is 11.7. The number of unbranched alkanes of at least 4 members (excludes halogenated alkanes) is 1. The lowest BCUT2D eigenvalue weighted by molar-refractivity contribution is -0.136. The van der Waals surface area contributed by atoms with Gasteiger partial charge in [-0.25, -0.2) is 0 Å². The molecule has 0 aliphatic carbocycles. The van der Waals surface area contributed by atoms with E-state index in [0.29, 0.717) is 0 Å². The molecule has 0 saturated carbocycles. The Labute approximate surface area is 98.2 Å². The molecule has 1 saturated heterocycles. The molecular weight excluding hydrogens is 204 g/mol. The minimum absolute atomic E-state index is 0.112. The molecule has 4 heteroatoms. The molecule has 0 atom stereocenters. The van der Waals surface area contributed by atoms with Crippen molar-refractivity contribution in [1.82, 2.24) is 9.80 Å². The molecule has 1 fully saturated rings. The van der Waals surface area contributed by atoms with Crippen LogP contribution < -0.4 is 0 Å². The predicted octanol–water partition coefficient (Wildman–Crippen LogP) is 0.559. The molecule has 1 heterocycles. The number of hydrogen-bond donors (Lipinski definition) is 1. The van der Waals surface area contributed by atoms with E-state index in [2.05, 4.69) is 4.90 Å². The highest BCUT2D eigenvalue weighted by Crippen LogP contribution is 2.07. The largest absolute Gasteiger partial charge is 0.396 e. The van der Waals surface area contributed by atoms with E-state index >= 15 is 0 Å². The lowest BCUT2D eigenvalue weighted by Gasteiger charge is -2.35. The zero-order valence-corrected chi connectivity index (χ0v) is 10.5. The molecule has 16 heavy (non-hydrogen) atoms. The van der Waals surface area contributed by atoms with E-state index in [1.807, 2.05) is 18.7 Å². The SMILES string of the molecule is CC(C)C(=O)N1CCN(CCCCO)CC1. The van der Waals surface area contributed by atoms with Gasteiger partial charge in [0, 0.05) is 38.7 Å². The van der Waals surface area contributed by atoms with Crippen LogP contribution in [0.1, 0.15) is 26.7 Å². The molecular formula is C12H24N2O2. The molecule has 0 spiro atoms. The summed E-state index contributed by atoms with van der Waals surface area (Å²) >= 11 is 0. The minimum atomic E-state index is 0.112. The highest BCUT2D eigenvalue weighted by atomic mass is 16.2. The molecule has 0 radical (unpaired) electrons. The van der Waals surface area contributed by atoms with Crippen molar-refractivity contribution in [3.05, 3.63) is 0 Å². The average molecular weight is 228 g/mol. The Bertz CT molecular complexity index is 211. The maximum Gasteiger partial charge on any atom is 0.225 e. The van der Waals surface area contributed by atoms with E-state index in [9.17, 15) is 4.79 Å². The van der Waals surface area contributed by atoms with Gasteiger partial charge in [-0.15, -0.1) is 0 Å². The van der Waals surface area contributed by atoms with E-state index < -0.39 is 0 Å². The van der Waals surface area contributed by atoms with Gasteiger partial charge >= 0.3 is 0 Å². The van der Waals surface area contributed by atoms with Gasteiger partial charge in [-0.05, 0) is 19.4 Å². The molecule has 1 aliphatic heterocycles. The number of piperazine rings is 1. The molecule has 1 aliphatic rings. The van der Waals surface area contributed by atoms with Crippen LogP contribution in [0.5, 0.6) is 0 Å². The Hall–Kier alpha value is -0.610. The van der Waals surface area contributed by atoms with E-state index in [1.165, 1.54) is 0 Å². The molecule has 1 N–H and O–H groups in total. The second-order valence-electron chi connectivity index (χ2n) is 4.75. The van der Waals surface area contributed by atoms with Crippen LogP contribution >= 0.6 is 0 Å². The Kier molecular flexibility index (Phi) is 5.77. The number of nitrogens with zero attached hydrogens (tertiary/aromatic N) is 2. The zero-order valence-electron chi connectivity index (χ0n) is 10.5. The van der Waals surface area contributed by atoms with Gasteiger partial charge in [0.05, 0.1) is 0 Å². The van der Waals surface area contributed by atoms with Crippen molar-refractivity contribution in [2.45, 2.75) is 26.7 Å². The van der Waals surface area contributed by atoms with E-state index in [-0.39, 0.29) is 18.4 Å². The quantitative estimate of drug-likeness (QED) is 0.699. The van der Waals surface area contributed by atoms with Crippen molar-refractivity contribution in [3.8, 4) is 0 Å². The minimum Gasteiger partial charge on any atom is -0.396 e. The van der Waals surface area contributed by atoms with Gasteiger partial charge in [-0.3, -0.25) is 9.69 Å². The third-order valence-corrected chi connectivity index (χ3v) is 3.06. The van der Waals surface area contributed by atoms with Gasteiger partial charge in [-0.2, -0.15) is 0 Å². The van der Waals surface area contributed by atoms with Crippen LogP contribution in [0, 0.1) is 5.92 Å². The number of aliphatic hydroxyl groups is 1. The van der Waals surface area contributed by atoms with Crippen LogP contribution in [0.15, 0.2) is 0 Å². The summed E-state index contributed by atoms with van der Waals surface area (Å²) in [7, 11) is 0.